The summed E-state index contributed by atoms with van der Waals surface area (Å²) in [5.41, 5.74) is 1.73. The number of amides is 1. The zero-order valence-electron chi connectivity index (χ0n) is 11.0. The molecule has 0 aliphatic rings. The summed E-state index contributed by atoms with van der Waals surface area (Å²) >= 11 is 9.38. The second-order valence-corrected chi connectivity index (χ2v) is 6.05. The first-order chi connectivity index (χ1) is 10.1. The number of carbonyl (C=O) groups excluding carboxylic acids is 1. The summed E-state index contributed by atoms with van der Waals surface area (Å²) < 4.78 is 2.86. The van der Waals surface area contributed by atoms with Crippen LogP contribution in [0.2, 0.25) is 5.02 Å². The van der Waals surface area contributed by atoms with Crippen LogP contribution in [-0.2, 0) is 11.3 Å². The molecule has 0 saturated heterocycles. The van der Waals surface area contributed by atoms with Gasteiger partial charge in [0.25, 0.3) is 0 Å². The van der Waals surface area contributed by atoms with Crippen LogP contribution < -0.4 is 5.32 Å². The molecule has 3 nitrogen and oxygen atoms in total. The lowest BCUT2D eigenvalue weighted by atomic mass is 10.2. The number of nitrogens with zero attached hydrogens (tertiary/aromatic N) is 1. The van der Waals surface area contributed by atoms with Gasteiger partial charge in [0.15, 0.2) is 0 Å². The molecule has 0 aliphatic heterocycles. The Labute approximate surface area is 135 Å². The molecule has 0 atom stereocenters. The molecule has 21 heavy (non-hydrogen) atoms. The maximum atomic E-state index is 12.1. The van der Waals surface area contributed by atoms with Crippen LogP contribution in [-0.4, -0.2) is 10.5 Å². The molecule has 1 N–H and O–H groups in total. The van der Waals surface area contributed by atoms with Crippen LogP contribution in [0.3, 0.4) is 0 Å². The summed E-state index contributed by atoms with van der Waals surface area (Å²) in [6, 6.07) is 15.1. The standard InChI is InChI=1S/C16H12BrClN2O/c17-12-2-5-14(6-3-12)19-16(21)10-20-8-7-11-1-4-13(18)9-15(11)20/h1-9H,10H2,(H,19,21). The van der Waals surface area contributed by atoms with Gasteiger partial charge in [0.2, 0.25) is 5.91 Å². The molecular formula is C16H12BrClN2O. The molecule has 0 radical (unpaired) electrons. The highest BCUT2D eigenvalue weighted by Crippen LogP contribution is 2.20. The smallest absolute Gasteiger partial charge is 0.244 e. The largest absolute Gasteiger partial charge is 0.338 e. The van der Waals surface area contributed by atoms with E-state index in [0.717, 1.165) is 21.1 Å². The molecule has 2 aromatic carbocycles. The van der Waals surface area contributed by atoms with E-state index in [1.54, 1.807) is 0 Å². The Hall–Kier alpha value is -1.78. The highest BCUT2D eigenvalue weighted by molar-refractivity contribution is 9.10. The van der Waals surface area contributed by atoms with Gasteiger partial charge in [-0.2, -0.15) is 0 Å². The van der Waals surface area contributed by atoms with Crippen molar-refractivity contribution in [3.05, 3.63) is 64.2 Å². The molecular weight excluding hydrogens is 352 g/mol. The highest BCUT2D eigenvalue weighted by Gasteiger charge is 2.07. The fraction of sp³-hybridized carbons (Fsp3) is 0.0625. The van der Waals surface area contributed by atoms with Crippen LogP contribution in [0.15, 0.2) is 59.2 Å². The Morgan fingerprint density at radius 2 is 1.90 bits per heavy atom. The van der Waals surface area contributed by atoms with E-state index in [9.17, 15) is 4.79 Å². The van der Waals surface area contributed by atoms with Crippen molar-refractivity contribution < 1.29 is 4.79 Å². The van der Waals surface area contributed by atoms with E-state index in [4.69, 9.17) is 11.6 Å². The first kappa shape index (κ1) is 14.2. The van der Waals surface area contributed by atoms with Gasteiger partial charge >= 0.3 is 0 Å². The normalized spacial score (nSPS) is 10.8. The minimum absolute atomic E-state index is 0.0743. The summed E-state index contributed by atoms with van der Waals surface area (Å²) in [4.78, 5) is 12.1. The molecule has 3 rings (SSSR count). The molecule has 0 aliphatic carbocycles. The van der Waals surface area contributed by atoms with Crippen molar-refractivity contribution in [3.63, 3.8) is 0 Å². The number of hydrogen-bond donors (Lipinski definition) is 1. The van der Waals surface area contributed by atoms with Crippen LogP contribution in [0.25, 0.3) is 10.9 Å². The van der Waals surface area contributed by atoms with Crippen molar-refractivity contribution in [2.45, 2.75) is 6.54 Å². The average molecular weight is 364 g/mol. The van der Waals surface area contributed by atoms with Gasteiger partial charge in [0.1, 0.15) is 6.54 Å². The fourth-order valence-electron chi connectivity index (χ4n) is 2.18. The Morgan fingerprint density at radius 1 is 1.14 bits per heavy atom. The maximum Gasteiger partial charge on any atom is 0.244 e. The van der Waals surface area contributed by atoms with Gasteiger partial charge in [-0.05, 0) is 47.9 Å². The minimum atomic E-state index is -0.0743. The van der Waals surface area contributed by atoms with Gasteiger partial charge < -0.3 is 9.88 Å². The van der Waals surface area contributed by atoms with Gasteiger partial charge in [-0.25, -0.2) is 0 Å². The lowest BCUT2D eigenvalue weighted by molar-refractivity contribution is -0.116. The predicted octanol–water partition coefficient (Wildman–Crippen LogP) is 4.70. The monoisotopic (exact) mass is 362 g/mol. The van der Waals surface area contributed by atoms with E-state index in [2.05, 4.69) is 21.2 Å². The van der Waals surface area contributed by atoms with Crippen molar-refractivity contribution in [2.75, 3.05) is 5.32 Å². The predicted molar refractivity (Wildman–Crippen MR) is 89.7 cm³/mol. The van der Waals surface area contributed by atoms with Crippen LogP contribution in [0.1, 0.15) is 0 Å². The van der Waals surface area contributed by atoms with Crippen LogP contribution >= 0.6 is 27.5 Å². The number of carbonyl (C=O) groups is 1. The second kappa shape index (κ2) is 5.92. The molecule has 0 bridgehead atoms. The third-order valence-electron chi connectivity index (χ3n) is 3.18. The molecule has 1 aromatic heterocycles. The first-order valence-corrected chi connectivity index (χ1v) is 7.59. The number of anilines is 1. The van der Waals surface area contributed by atoms with Gasteiger partial charge in [0, 0.05) is 26.9 Å². The van der Waals surface area contributed by atoms with E-state index in [1.165, 1.54) is 0 Å². The highest BCUT2D eigenvalue weighted by atomic mass is 79.9. The van der Waals surface area contributed by atoms with Crippen molar-refractivity contribution >= 4 is 50.0 Å². The van der Waals surface area contributed by atoms with Crippen LogP contribution in [0, 0.1) is 0 Å². The molecule has 0 fully saturated rings. The third kappa shape index (κ3) is 3.28. The quantitative estimate of drug-likeness (QED) is 0.719. The molecule has 5 heteroatoms. The van der Waals surface area contributed by atoms with E-state index in [-0.39, 0.29) is 12.5 Å². The maximum absolute atomic E-state index is 12.1. The van der Waals surface area contributed by atoms with Gasteiger partial charge in [0.05, 0.1) is 0 Å². The first-order valence-electron chi connectivity index (χ1n) is 6.42. The lowest BCUT2D eigenvalue weighted by Gasteiger charge is -2.08. The Bertz CT molecular complexity index is 796. The van der Waals surface area contributed by atoms with Gasteiger partial charge in [-0.3, -0.25) is 4.79 Å². The summed E-state index contributed by atoms with van der Waals surface area (Å²) in [6.45, 7) is 0.250. The van der Waals surface area contributed by atoms with E-state index in [1.807, 2.05) is 59.3 Å². The summed E-state index contributed by atoms with van der Waals surface area (Å²) in [6.07, 6.45) is 1.89. The fourth-order valence-corrected chi connectivity index (χ4v) is 2.61. The molecule has 1 heterocycles. The van der Waals surface area contributed by atoms with E-state index < -0.39 is 0 Å². The third-order valence-corrected chi connectivity index (χ3v) is 3.94. The number of aromatic nitrogens is 1. The number of nitrogens with one attached hydrogen (secondary N) is 1. The summed E-state index contributed by atoms with van der Waals surface area (Å²) in [5, 5.41) is 4.60. The van der Waals surface area contributed by atoms with Gasteiger partial charge in [-0.15, -0.1) is 0 Å². The number of fused-ring (bicyclic) bond motifs is 1. The van der Waals surface area contributed by atoms with E-state index >= 15 is 0 Å². The molecule has 3 aromatic rings. The van der Waals surface area contributed by atoms with Gasteiger partial charge in [-0.1, -0.05) is 33.6 Å². The molecule has 0 spiro atoms. The SMILES string of the molecule is O=C(Cn1ccc2ccc(Cl)cc21)Nc1ccc(Br)cc1. The number of rotatable bonds is 3. The number of benzene rings is 2. The number of halogens is 2. The van der Waals surface area contributed by atoms with Crippen molar-refractivity contribution in [1.82, 2.24) is 4.57 Å². The van der Waals surface area contributed by atoms with Crippen LogP contribution in [0.5, 0.6) is 0 Å². The summed E-state index contributed by atoms with van der Waals surface area (Å²) in [7, 11) is 0. The van der Waals surface area contributed by atoms with E-state index in [0.29, 0.717) is 5.02 Å². The second-order valence-electron chi connectivity index (χ2n) is 4.70. The zero-order chi connectivity index (χ0) is 14.8. The Morgan fingerprint density at radius 3 is 2.67 bits per heavy atom. The lowest BCUT2D eigenvalue weighted by Crippen LogP contribution is -2.18. The van der Waals surface area contributed by atoms with Crippen molar-refractivity contribution in [2.24, 2.45) is 0 Å². The van der Waals surface area contributed by atoms with Crippen LogP contribution in [0.4, 0.5) is 5.69 Å². The average Bonchev–Trinajstić information content (AvgIpc) is 2.84. The van der Waals surface area contributed by atoms with Crippen molar-refractivity contribution in [3.8, 4) is 0 Å². The minimum Gasteiger partial charge on any atom is -0.338 e. The topological polar surface area (TPSA) is 34.0 Å². The Kier molecular flexibility index (Phi) is 3.99. The molecule has 0 saturated carbocycles. The summed E-state index contributed by atoms with van der Waals surface area (Å²) in [5.74, 6) is -0.0743. The van der Waals surface area contributed by atoms with Crippen molar-refractivity contribution in [1.29, 1.82) is 0 Å². The zero-order valence-corrected chi connectivity index (χ0v) is 13.4. The molecule has 1 amide bonds. The number of hydrogen-bond acceptors (Lipinski definition) is 1. The molecule has 106 valence electrons. The Balaban J connectivity index is 1.77. The molecule has 0 unspecified atom stereocenters.